The minimum atomic E-state index is -0.143. The lowest BCUT2D eigenvalue weighted by atomic mass is 10.1. The van der Waals surface area contributed by atoms with Crippen molar-refractivity contribution in [3.05, 3.63) is 48.3 Å². The highest BCUT2D eigenvalue weighted by molar-refractivity contribution is 6.04. The number of piperidine rings is 1. The zero-order valence-corrected chi connectivity index (χ0v) is 16.9. The first-order chi connectivity index (χ1) is 13.6. The van der Waals surface area contributed by atoms with E-state index >= 15 is 0 Å². The maximum absolute atomic E-state index is 12.6. The van der Waals surface area contributed by atoms with Crippen molar-refractivity contribution >= 4 is 23.0 Å². The number of nitrogens with one attached hydrogen (secondary N) is 2. The molecule has 6 nitrogen and oxygen atoms in total. The molecule has 0 atom stereocenters. The molecule has 3 rings (SSSR count). The molecule has 0 unspecified atom stereocenters. The summed E-state index contributed by atoms with van der Waals surface area (Å²) in [4.78, 5) is 21.3. The summed E-state index contributed by atoms with van der Waals surface area (Å²) in [5.41, 5.74) is 3.45. The van der Waals surface area contributed by atoms with Crippen LogP contribution < -0.4 is 15.5 Å². The zero-order chi connectivity index (χ0) is 19.8. The number of benzene rings is 1. The van der Waals surface area contributed by atoms with Crippen LogP contribution in [0.1, 0.15) is 36.0 Å². The summed E-state index contributed by atoms with van der Waals surface area (Å²) in [6, 6.07) is 9.96. The topological polar surface area (TPSA) is 60.5 Å². The first-order valence-corrected chi connectivity index (χ1v) is 10.1. The third kappa shape index (κ3) is 5.96. The number of pyridine rings is 1. The van der Waals surface area contributed by atoms with Gasteiger partial charge in [0.1, 0.15) is 0 Å². The minimum absolute atomic E-state index is 0.143. The second-order valence-corrected chi connectivity index (χ2v) is 7.59. The average molecular weight is 382 g/mol. The molecule has 2 heterocycles. The van der Waals surface area contributed by atoms with Crippen LogP contribution in [0.15, 0.2) is 42.7 Å². The van der Waals surface area contributed by atoms with E-state index in [0.717, 1.165) is 44.0 Å². The SMILES string of the molecule is CN(C)CCCNc1cncc(C(=O)Nc2ccc(N3CCCCC3)cc2)c1. The Kier molecular flexibility index (Phi) is 7.25. The quantitative estimate of drug-likeness (QED) is 0.683. The second kappa shape index (κ2) is 10.1. The predicted octanol–water partition coefficient (Wildman–Crippen LogP) is 3.69. The molecular formula is C22H31N5O. The van der Waals surface area contributed by atoms with Crippen molar-refractivity contribution < 1.29 is 4.79 Å². The zero-order valence-electron chi connectivity index (χ0n) is 16.9. The Balaban J connectivity index is 1.54. The van der Waals surface area contributed by atoms with E-state index < -0.39 is 0 Å². The van der Waals surface area contributed by atoms with Gasteiger partial charge in [-0.3, -0.25) is 9.78 Å². The lowest BCUT2D eigenvalue weighted by Gasteiger charge is -2.28. The van der Waals surface area contributed by atoms with Crippen LogP contribution in [-0.4, -0.2) is 56.1 Å². The Bertz CT molecular complexity index is 754. The summed E-state index contributed by atoms with van der Waals surface area (Å²) in [5.74, 6) is -0.143. The van der Waals surface area contributed by atoms with E-state index in [2.05, 4.69) is 51.6 Å². The number of anilines is 3. The third-order valence-electron chi connectivity index (χ3n) is 4.96. The summed E-state index contributed by atoms with van der Waals surface area (Å²) in [6.45, 7) is 4.11. The molecule has 6 heteroatoms. The normalized spacial score (nSPS) is 14.2. The molecule has 1 aromatic carbocycles. The maximum atomic E-state index is 12.6. The van der Waals surface area contributed by atoms with E-state index in [0.29, 0.717) is 5.56 Å². The number of hydrogen-bond donors (Lipinski definition) is 2. The molecule has 1 amide bonds. The minimum Gasteiger partial charge on any atom is -0.384 e. The Hall–Kier alpha value is -2.60. The van der Waals surface area contributed by atoms with Crippen LogP contribution in [0, 0.1) is 0 Å². The van der Waals surface area contributed by atoms with E-state index in [1.165, 1.54) is 24.9 Å². The number of hydrogen-bond acceptors (Lipinski definition) is 5. The van der Waals surface area contributed by atoms with Crippen LogP contribution in [0.4, 0.5) is 17.1 Å². The first-order valence-electron chi connectivity index (χ1n) is 10.1. The van der Waals surface area contributed by atoms with Crippen LogP contribution in [0.5, 0.6) is 0 Å². The molecule has 1 aliphatic heterocycles. The molecule has 1 aliphatic rings. The summed E-state index contributed by atoms with van der Waals surface area (Å²) in [6.07, 6.45) is 8.22. The van der Waals surface area contributed by atoms with E-state index in [-0.39, 0.29) is 5.91 Å². The van der Waals surface area contributed by atoms with Gasteiger partial charge in [0.15, 0.2) is 0 Å². The van der Waals surface area contributed by atoms with Crippen molar-refractivity contribution in [3.8, 4) is 0 Å². The van der Waals surface area contributed by atoms with Gasteiger partial charge in [0, 0.05) is 43.4 Å². The molecule has 0 spiro atoms. The van der Waals surface area contributed by atoms with Crippen LogP contribution in [-0.2, 0) is 0 Å². The predicted molar refractivity (Wildman–Crippen MR) is 116 cm³/mol. The Labute approximate surface area is 167 Å². The van der Waals surface area contributed by atoms with E-state index in [1.54, 1.807) is 12.4 Å². The number of carbonyl (C=O) groups is 1. The van der Waals surface area contributed by atoms with Crippen LogP contribution in [0.3, 0.4) is 0 Å². The number of carbonyl (C=O) groups excluding carboxylic acids is 1. The van der Waals surface area contributed by atoms with Crippen molar-refractivity contribution in [1.82, 2.24) is 9.88 Å². The van der Waals surface area contributed by atoms with Gasteiger partial charge in [-0.2, -0.15) is 0 Å². The van der Waals surface area contributed by atoms with Gasteiger partial charge in [0.2, 0.25) is 0 Å². The third-order valence-corrected chi connectivity index (χ3v) is 4.96. The molecule has 0 radical (unpaired) electrons. The maximum Gasteiger partial charge on any atom is 0.257 e. The highest BCUT2D eigenvalue weighted by Crippen LogP contribution is 2.22. The van der Waals surface area contributed by atoms with Gasteiger partial charge in [-0.1, -0.05) is 0 Å². The van der Waals surface area contributed by atoms with E-state index in [9.17, 15) is 4.79 Å². The molecular weight excluding hydrogens is 350 g/mol. The molecule has 0 saturated carbocycles. The van der Waals surface area contributed by atoms with Gasteiger partial charge in [-0.15, -0.1) is 0 Å². The molecule has 0 aliphatic carbocycles. The summed E-state index contributed by atoms with van der Waals surface area (Å²) < 4.78 is 0. The molecule has 2 aromatic rings. The summed E-state index contributed by atoms with van der Waals surface area (Å²) in [5, 5.41) is 6.29. The van der Waals surface area contributed by atoms with Gasteiger partial charge in [0.05, 0.1) is 11.3 Å². The van der Waals surface area contributed by atoms with Gasteiger partial charge >= 0.3 is 0 Å². The average Bonchev–Trinajstić information content (AvgIpc) is 2.72. The lowest BCUT2D eigenvalue weighted by Crippen LogP contribution is -2.29. The number of amides is 1. The fourth-order valence-corrected chi connectivity index (χ4v) is 3.40. The summed E-state index contributed by atoms with van der Waals surface area (Å²) >= 11 is 0. The molecule has 1 saturated heterocycles. The van der Waals surface area contributed by atoms with Crippen LogP contribution in [0.2, 0.25) is 0 Å². The highest BCUT2D eigenvalue weighted by atomic mass is 16.1. The molecule has 1 fully saturated rings. The Morgan fingerprint density at radius 1 is 1.07 bits per heavy atom. The van der Waals surface area contributed by atoms with E-state index in [1.807, 2.05) is 18.2 Å². The Morgan fingerprint density at radius 3 is 2.54 bits per heavy atom. The molecule has 28 heavy (non-hydrogen) atoms. The van der Waals surface area contributed by atoms with E-state index in [4.69, 9.17) is 0 Å². The fraction of sp³-hybridized carbons (Fsp3) is 0.455. The number of nitrogens with zero attached hydrogens (tertiary/aromatic N) is 3. The fourth-order valence-electron chi connectivity index (χ4n) is 3.40. The Morgan fingerprint density at radius 2 is 1.82 bits per heavy atom. The lowest BCUT2D eigenvalue weighted by molar-refractivity contribution is 0.102. The van der Waals surface area contributed by atoms with Gasteiger partial charge < -0.3 is 20.4 Å². The van der Waals surface area contributed by atoms with Crippen molar-refractivity contribution in [1.29, 1.82) is 0 Å². The standard InChI is InChI=1S/C22H31N5O/c1-26(2)12-6-11-24-20-15-18(16-23-17-20)22(28)25-19-7-9-21(10-8-19)27-13-4-3-5-14-27/h7-10,15-17,24H,3-6,11-14H2,1-2H3,(H,25,28). The monoisotopic (exact) mass is 381 g/mol. The van der Waals surface area contributed by atoms with Crippen LogP contribution in [0.25, 0.3) is 0 Å². The van der Waals surface area contributed by atoms with Crippen LogP contribution >= 0.6 is 0 Å². The van der Waals surface area contributed by atoms with Gasteiger partial charge in [-0.05, 0) is 76.7 Å². The molecule has 2 N–H and O–H groups in total. The van der Waals surface area contributed by atoms with Crippen molar-refractivity contribution in [2.45, 2.75) is 25.7 Å². The summed E-state index contributed by atoms with van der Waals surface area (Å²) in [7, 11) is 4.12. The largest absolute Gasteiger partial charge is 0.384 e. The second-order valence-electron chi connectivity index (χ2n) is 7.59. The van der Waals surface area contributed by atoms with Crippen molar-refractivity contribution in [2.24, 2.45) is 0 Å². The number of rotatable bonds is 8. The molecule has 1 aromatic heterocycles. The van der Waals surface area contributed by atoms with Gasteiger partial charge in [0.25, 0.3) is 5.91 Å². The highest BCUT2D eigenvalue weighted by Gasteiger charge is 2.12. The number of aromatic nitrogens is 1. The molecule has 0 bridgehead atoms. The van der Waals surface area contributed by atoms with Crippen molar-refractivity contribution in [3.63, 3.8) is 0 Å². The van der Waals surface area contributed by atoms with Gasteiger partial charge in [-0.25, -0.2) is 0 Å². The van der Waals surface area contributed by atoms with Crippen molar-refractivity contribution in [2.75, 3.05) is 55.8 Å². The molecule has 150 valence electrons. The first kappa shape index (κ1) is 20.1. The smallest absolute Gasteiger partial charge is 0.257 e.